The van der Waals surface area contributed by atoms with Crippen molar-refractivity contribution in [2.75, 3.05) is 0 Å². The first kappa shape index (κ1) is 17.7. The lowest BCUT2D eigenvalue weighted by Gasteiger charge is -2.38. The molecule has 0 radical (unpaired) electrons. The number of rotatable bonds is 6. The molecule has 0 aliphatic carbocycles. The van der Waals surface area contributed by atoms with Gasteiger partial charge in [0.05, 0.1) is 11.2 Å². The molecule has 0 spiro atoms. The average molecular weight is 294 g/mol. The molecule has 116 valence electrons. The minimum Gasteiger partial charge on any atom is -0.461 e. The van der Waals surface area contributed by atoms with Crippen molar-refractivity contribution in [3.63, 3.8) is 0 Å². The molecular formula is C15H23BO5. The molecular weight excluding hydrogens is 271 g/mol. The molecule has 1 aromatic rings. The summed E-state index contributed by atoms with van der Waals surface area (Å²) in [5.74, 6) is -0.339. The Morgan fingerprint density at radius 3 is 2.14 bits per heavy atom. The van der Waals surface area contributed by atoms with Crippen LogP contribution in [0.5, 0.6) is 0 Å². The summed E-state index contributed by atoms with van der Waals surface area (Å²) >= 11 is 0. The molecule has 0 unspecified atom stereocenters. The zero-order valence-corrected chi connectivity index (χ0v) is 13.2. The molecule has 0 bridgehead atoms. The van der Waals surface area contributed by atoms with Crippen LogP contribution >= 0.6 is 0 Å². The molecule has 1 rings (SSSR count). The normalized spacial score (nSPS) is 12.1. The Kier molecular flexibility index (Phi) is 5.56. The first-order valence-corrected chi connectivity index (χ1v) is 6.83. The number of aliphatic hydroxyl groups is 1. The summed E-state index contributed by atoms with van der Waals surface area (Å²) < 4.78 is 10.4. The molecule has 0 aromatic heterocycles. The molecule has 0 heterocycles. The van der Waals surface area contributed by atoms with Crippen molar-refractivity contribution in [3.8, 4) is 0 Å². The summed E-state index contributed by atoms with van der Waals surface area (Å²) in [6.45, 7) is 8.23. The van der Waals surface area contributed by atoms with Gasteiger partial charge >= 0.3 is 13.1 Å². The van der Waals surface area contributed by atoms with E-state index < -0.39 is 18.3 Å². The molecule has 0 aliphatic rings. The fraction of sp³-hybridized carbons (Fsp3) is 0.533. The monoisotopic (exact) mass is 294 g/mol. The summed E-state index contributed by atoms with van der Waals surface area (Å²) in [4.78, 5) is 10.7. The van der Waals surface area contributed by atoms with Crippen LogP contribution in [0.2, 0.25) is 0 Å². The molecule has 21 heavy (non-hydrogen) atoms. The van der Waals surface area contributed by atoms with Crippen LogP contribution in [-0.2, 0) is 20.8 Å². The minimum atomic E-state index is -1.14. The van der Waals surface area contributed by atoms with Crippen molar-refractivity contribution in [2.24, 2.45) is 0 Å². The number of carbonyl (C=O) groups excluding carboxylic acids is 1. The Hall–Kier alpha value is -1.37. The van der Waals surface area contributed by atoms with Crippen molar-refractivity contribution >= 4 is 18.6 Å². The molecule has 0 atom stereocenters. The second-order valence-electron chi connectivity index (χ2n) is 6.06. The highest BCUT2D eigenvalue weighted by Crippen LogP contribution is 2.25. The van der Waals surface area contributed by atoms with Gasteiger partial charge in [0.2, 0.25) is 0 Å². The van der Waals surface area contributed by atoms with E-state index in [-0.39, 0.29) is 12.6 Å². The smallest absolute Gasteiger partial charge is 0.461 e. The predicted molar refractivity (Wildman–Crippen MR) is 81.0 cm³/mol. The number of ether oxygens (including phenoxy) is 1. The Morgan fingerprint density at radius 2 is 1.71 bits per heavy atom. The minimum absolute atomic E-state index is 0.196. The van der Waals surface area contributed by atoms with Crippen LogP contribution in [0.4, 0.5) is 0 Å². The summed E-state index contributed by atoms with van der Waals surface area (Å²) in [6, 6.07) is 6.90. The van der Waals surface area contributed by atoms with E-state index in [0.717, 1.165) is 5.56 Å². The fourth-order valence-corrected chi connectivity index (χ4v) is 1.45. The molecule has 1 aromatic carbocycles. The highest BCUT2D eigenvalue weighted by molar-refractivity contribution is 6.60. The van der Waals surface area contributed by atoms with Gasteiger partial charge in [-0.1, -0.05) is 24.3 Å². The summed E-state index contributed by atoms with van der Waals surface area (Å²) in [5, 5.41) is 20.1. The molecule has 0 saturated heterocycles. The molecule has 0 aliphatic heterocycles. The van der Waals surface area contributed by atoms with Crippen molar-refractivity contribution in [1.82, 2.24) is 0 Å². The summed E-state index contributed by atoms with van der Waals surface area (Å²) in [7, 11) is -1.14. The fourth-order valence-electron chi connectivity index (χ4n) is 1.45. The van der Waals surface area contributed by atoms with Gasteiger partial charge in [-0.2, -0.15) is 0 Å². The van der Waals surface area contributed by atoms with E-state index in [1.807, 2.05) is 0 Å². The molecule has 0 amide bonds. The number of hydrogen-bond acceptors (Lipinski definition) is 5. The van der Waals surface area contributed by atoms with Crippen LogP contribution in [0.25, 0.3) is 0 Å². The molecule has 6 heteroatoms. The van der Waals surface area contributed by atoms with E-state index in [0.29, 0.717) is 5.46 Å². The van der Waals surface area contributed by atoms with Gasteiger partial charge in [-0.25, -0.2) is 0 Å². The van der Waals surface area contributed by atoms with Gasteiger partial charge < -0.3 is 19.5 Å². The highest BCUT2D eigenvalue weighted by atomic mass is 16.5. The Bertz CT molecular complexity index is 476. The van der Waals surface area contributed by atoms with Crippen molar-refractivity contribution in [1.29, 1.82) is 0 Å². The lowest BCUT2D eigenvalue weighted by atomic mass is 9.76. The summed E-state index contributed by atoms with van der Waals surface area (Å²) in [5.41, 5.74) is -0.617. The molecule has 2 N–H and O–H groups in total. The topological polar surface area (TPSA) is 76.0 Å². The number of hydrogen-bond donors (Lipinski definition) is 2. The van der Waals surface area contributed by atoms with Gasteiger partial charge in [0.15, 0.2) is 0 Å². The van der Waals surface area contributed by atoms with E-state index in [1.54, 1.807) is 52.0 Å². The standard InChI is InChI=1S/C15H23BO5/c1-11(17)20-10-12-6-8-13(9-7-12)16(19)21-15(4,5)14(2,3)18/h6-9,18-19H,10H2,1-5H3. The van der Waals surface area contributed by atoms with Gasteiger partial charge in [0, 0.05) is 6.92 Å². The van der Waals surface area contributed by atoms with Gasteiger partial charge in [0.25, 0.3) is 0 Å². The van der Waals surface area contributed by atoms with Gasteiger partial charge in [-0.15, -0.1) is 0 Å². The maximum atomic E-state index is 10.7. The van der Waals surface area contributed by atoms with E-state index >= 15 is 0 Å². The molecule has 5 nitrogen and oxygen atoms in total. The first-order chi connectivity index (χ1) is 9.53. The number of carbonyl (C=O) groups is 1. The van der Waals surface area contributed by atoms with E-state index in [2.05, 4.69) is 0 Å². The van der Waals surface area contributed by atoms with Crippen LogP contribution in [0.15, 0.2) is 24.3 Å². The second-order valence-corrected chi connectivity index (χ2v) is 6.06. The number of esters is 1. The third-order valence-corrected chi connectivity index (χ3v) is 3.59. The largest absolute Gasteiger partial charge is 0.491 e. The van der Waals surface area contributed by atoms with Crippen molar-refractivity contribution < 1.29 is 24.3 Å². The maximum absolute atomic E-state index is 10.7. The third kappa shape index (κ3) is 5.15. The van der Waals surface area contributed by atoms with Crippen LogP contribution in [-0.4, -0.2) is 34.4 Å². The van der Waals surface area contributed by atoms with E-state index in [4.69, 9.17) is 9.39 Å². The second kappa shape index (κ2) is 6.60. The van der Waals surface area contributed by atoms with E-state index in [9.17, 15) is 14.9 Å². The van der Waals surface area contributed by atoms with Gasteiger partial charge in [-0.3, -0.25) is 4.79 Å². The van der Waals surface area contributed by atoms with E-state index in [1.165, 1.54) is 6.92 Å². The Morgan fingerprint density at radius 1 is 1.19 bits per heavy atom. The van der Waals surface area contributed by atoms with Crippen LogP contribution in [0, 0.1) is 0 Å². The third-order valence-electron chi connectivity index (χ3n) is 3.59. The van der Waals surface area contributed by atoms with Gasteiger partial charge in [-0.05, 0) is 38.7 Å². The molecule has 0 saturated carbocycles. The Balaban J connectivity index is 2.71. The first-order valence-electron chi connectivity index (χ1n) is 6.83. The summed E-state index contributed by atoms with van der Waals surface area (Å²) in [6.07, 6.45) is 0. The molecule has 0 fully saturated rings. The SMILES string of the molecule is CC(=O)OCc1ccc(B(O)OC(C)(C)C(C)(C)O)cc1. The van der Waals surface area contributed by atoms with Crippen molar-refractivity contribution in [3.05, 3.63) is 29.8 Å². The van der Waals surface area contributed by atoms with Crippen LogP contribution in [0.3, 0.4) is 0 Å². The quantitative estimate of drug-likeness (QED) is 0.605. The average Bonchev–Trinajstić information content (AvgIpc) is 2.35. The number of benzene rings is 1. The van der Waals surface area contributed by atoms with Gasteiger partial charge in [0.1, 0.15) is 6.61 Å². The Labute approximate surface area is 126 Å². The lowest BCUT2D eigenvalue weighted by Crippen LogP contribution is -2.53. The van der Waals surface area contributed by atoms with Crippen molar-refractivity contribution in [2.45, 2.75) is 52.4 Å². The lowest BCUT2D eigenvalue weighted by molar-refractivity contribution is -0.142. The van der Waals surface area contributed by atoms with Crippen LogP contribution in [0.1, 0.15) is 40.2 Å². The zero-order chi connectivity index (χ0) is 16.3. The highest BCUT2D eigenvalue weighted by Gasteiger charge is 2.39. The van der Waals surface area contributed by atoms with Crippen LogP contribution < -0.4 is 5.46 Å². The zero-order valence-electron chi connectivity index (χ0n) is 13.2. The predicted octanol–water partition coefficient (Wildman–Crippen LogP) is 1.00. The maximum Gasteiger partial charge on any atom is 0.491 e.